The van der Waals surface area contributed by atoms with Crippen molar-refractivity contribution in [2.24, 2.45) is 4.99 Å². The summed E-state index contributed by atoms with van der Waals surface area (Å²) in [5.41, 5.74) is 10.7. The van der Waals surface area contributed by atoms with Crippen molar-refractivity contribution in [3.05, 3.63) is 118 Å². The molecule has 216 valence electrons. The third-order valence-electron chi connectivity index (χ3n) is 8.98. The van der Waals surface area contributed by atoms with Gasteiger partial charge in [-0.15, -0.1) is 0 Å². The van der Waals surface area contributed by atoms with Crippen molar-refractivity contribution >= 4 is 16.8 Å². The van der Waals surface area contributed by atoms with Crippen LogP contribution in [0.2, 0.25) is 0 Å². The van der Waals surface area contributed by atoms with Gasteiger partial charge in [0.15, 0.2) is 0 Å². The molecule has 0 spiro atoms. The molecule has 0 amide bonds. The zero-order valence-corrected chi connectivity index (χ0v) is 25.5. The van der Waals surface area contributed by atoms with Crippen molar-refractivity contribution in [3.63, 3.8) is 0 Å². The highest BCUT2D eigenvalue weighted by Crippen LogP contribution is 2.43. The maximum absolute atomic E-state index is 10.6. The molecule has 2 heterocycles. The van der Waals surface area contributed by atoms with Crippen molar-refractivity contribution in [2.45, 2.75) is 65.5 Å². The average molecular weight is 569 g/mol. The van der Waals surface area contributed by atoms with E-state index in [4.69, 9.17) is 14.5 Å². The van der Waals surface area contributed by atoms with Crippen LogP contribution >= 0.6 is 0 Å². The smallest absolute Gasteiger partial charge is 0.219 e. The number of nitrogens with zero attached hydrogens (tertiary/aromatic N) is 2. The van der Waals surface area contributed by atoms with Gasteiger partial charge < -0.3 is 14.6 Å². The second-order valence-electron chi connectivity index (χ2n) is 12.7. The summed E-state index contributed by atoms with van der Waals surface area (Å²) >= 11 is 0. The summed E-state index contributed by atoms with van der Waals surface area (Å²) in [4.78, 5) is 9.88. The number of fused-ring (bicyclic) bond motifs is 3. The van der Waals surface area contributed by atoms with Crippen LogP contribution in [0.5, 0.6) is 17.4 Å². The van der Waals surface area contributed by atoms with Crippen molar-refractivity contribution < 1.29 is 14.6 Å². The number of rotatable bonds is 4. The second kappa shape index (κ2) is 9.98. The minimum absolute atomic E-state index is 0.0156. The fourth-order valence-corrected chi connectivity index (χ4v) is 7.16. The van der Waals surface area contributed by atoms with Crippen LogP contribution < -0.4 is 4.74 Å². The molecule has 0 saturated heterocycles. The lowest BCUT2D eigenvalue weighted by Gasteiger charge is -2.39. The molecule has 2 aliphatic rings. The van der Waals surface area contributed by atoms with Crippen LogP contribution in [0.25, 0.3) is 22.0 Å². The van der Waals surface area contributed by atoms with Gasteiger partial charge in [0.25, 0.3) is 0 Å². The SMILES string of the molecule is Cc1cc(C)c(-c2cc(Oc3ccc4cc(C)cc(O)c4n3)cc(C3=N[C@@H]4[C@@H](Cc5ccccc5C4(C)C)O3)c2)c(C)c1. The van der Waals surface area contributed by atoms with Crippen LogP contribution in [-0.4, -0.2) is 28.1 Å². The van der Waals surface area contributed by atoms with Gasteiger partial charge in [-0.2, -0.15) is 0 Å². The van der Waals surface area contributed by atoms with Crippen LogP contribution in [0, 0.1) is 27.7 Å². The topological polar surface area (TPSA) is 63.9 Å². The first kappa shape index (κ1) is 27.2. The summed E-state index contributed by atoms with van der Waals surface area (Å²) in [6.45, 7) is 12.9. The first-order valence-corrected chi connectivity index (χ1v) is 14.9. The van der Waals surface area contributed by atoms with E-state index in [9.17, 15) is 5.11 Å². The number of aromatic nitrogens is 1. The normalized spacial score (nSPS) is 18.5. The number of phenols is 1. The van der Waals surface area contributed by atoms with E-state index in [1.807, 2.05) is 31.2 Å². The van der Waals surface area contributed by atoms with Gasteiger partial charge in [0, 0.05) is 28.9 Å². The standard InChI is InChI=1S/C38H36N2O3/c1-21-13-23(3)34(24(4)14-21)27-17-28(37-40-36-32(43-37)20-25-9-7-8-10-30(25)38(36,5)6)19-29(18-27)42-33-12-11-26-15-22(2)16-31(41)35(26)39-33/h7-19,32,36,41H,20H2,1-6H3/t32-,36-/m1/s1. The van der Waals surface area contributed by atoms with E-state index in [2.05, 4.69) is 88.1 Å². The van der Waals surface area contributed by atoms with Gasteiger partial charge >= 0.3 is 0 Å². The third kappa shape index (κ3) is 4.73. The van der Waals surface area contributed by atoms with Gasteiger partial charge in [0.1, 0.15) is 29.2 Å². The molecule has 5 heteroatoms. The average Bonchev–Trinajstić information content (AvgIpc) is 3.38. The minimum Gasteiger partial charge on any atom is -0.506 e. The molecule has 0 unspecified atom stereocenters. The van der Waals surface area contributed by atoms with Crippen LogP contribution in [0.4, 0.5) is 0 Å². The summed E-state index contributed by atoms with van der Waals surface area (Å²) in [7, 11) is 0. The molecule has 5 nitrogen and oxygen atoms in total. The summed E-state index contributed by atoms with van der Waals surface area (Å²) in [6.07, 6.45) is 0.810. The summed E-state index contributed by atoms with van der Waals surface area (Å²) in [5, 5.41) is 11.4. The van der Waals surface area contributed by atoms with Crippen molar-refractivity contribution in [1.82, 2.24) is 4.98 Å². The third-order valence-corrected chi connectivity index (χ3v) is 8.98. The molecule has 0 radical (unpaired) electrons. The van der Waals surface area contributed by atoms with Gasteiger partial charge in [-0.25, -0.2) is 9.98 Å². The molecule has 0 saturated carbocycles. The Morgan fingerprint density at radius 1 is 0.837 bits per heavy atom. The molecular weight excluding hydrogens is 532 g/mol. The molecule has 1 aromatic heterocycles. The van der Waals surface area contributed by atoms with E-state index >= 15 is 0 Å². The molecule has 1 aliphatic carbocycles. The lowest BCUT2D eigenvalue weighted by Crippen LogP contribution is -2.45. The molecule has 2 atom stereocenters. The van der Waals surface area contributed by atoms with E-state index in [0.29, 0.717) is 23.0 Å². The van der Waals surface area contributed by atoms with Crippen molar-refractivity contribution in [2.75, 3.05) is 0 Å². The van der Waals surface area contributed by atoms with Crippen LogP contribution in [0.1, 0.15) is 52.8 Å². The monoisotopic (exact) mass is 568 g/mol. The Hall–Kier alpha value is -4.64. The molecule has 4 aromatic carbocycles. The Balaban J connectivity index is 1.33. The summed E-state index contributed by atoms with van der Waals surface area (Å²) < 4.78 is 13.1. The number of pyridine rings is 1. The summed E-state index contributed by atoms with van der Waals surface area (Å²) in [5.74, 6) is 1.82. The highest BCUT2D eigenvalue weighted by Gasteiger charge is 2.47. The predicted octanol–water partition coefficient (Wildman–Crippen LogP) is 8.68. The van der Waals surface area contributed by atoms with E-state index in [0.717, 1.165) is 28.5 Å². The highest BCUT2D eigenvalue weighted by atomic mass is 16.5. The number of phenolic OH excluding ortho intramolecular Hbond substituents is 1. The predicted molar refractivity (Wildman–Crippen MR) is 173 cm³/mol. The van der Waals surface area contributed by atoms with Crippen LogP contribution in [0.15, 0.2) is 83.9 Å². The molecular formula is C38H36N2O3. The highest BCUT2D eigenvalue weighted by molar-refractivity contribution is 5.98. The van der Waals surface area contributed by atoms with Gasteiger partial charge in [0.2, 0.25) is 11.8 Å². The largest absolute Gasteiger partial charge is 0.506 e. The van der Waals surface area contributed by atoms with Crippen molar-refractivity contribution in [1.29, 1.82) is 0 Å². The quantitative estimate of drug-likeness (QED) is 0.236. The Labute approximate surface area is 252 Å². The maximum atomic E-state index is 10.6. The number of hydrogen-bond donors (Lipinski definition) is 1. The number of benzene rings is 4. The number of aryl methyl sites for hydroxylation is 4. The molecule has 1 N–H and O–H groups in total. The zero-order valence-electron chi connectivity index (χ0n) is 25.5. The van der Waals surface area contributed by atoms with Crippen LogP contribution in [0.3, 0.4) is 0 Å². The van der Waals surface area contributed by atoms with Crippen molar-refractivity contribution in [3.8, 4) is 28.5 Å². The minimum atomic E-state index is -0.155. The fraction of sp³-hybridized carbons (Fsp3) is 0.263. The van der Waals surface area contributed by atoms with Gasteiger partial charge in [0.05, 0.1) is 0 Å². The molecule has 5 aromatic rings. The maximum Gasteiger partial charge on any atom is 0.219 e. The fourth-order valence-electron chi connectivity index (χ4n) is 7.16. The number of aromatic hydroxyl groups is 1. The zero-order chi connectivity index (χ0) is 30.0. The second-order valence-corrected chi connectivity index (χ2v) is 12.7. The molecule has 43 heavy (non-hydrogen) atoms. The Bertz CT molecular complexity index is 1930. The van der Waals surface area contributed by atoms with E-state index < -0.39 is 0 Å². The molecule has 0 bridgehead atoms. The molecule has 0 fully saturated rings. The first-order chi connectivity index (χ1) is 20.6. The Morgan fingerprint density at radius 2 is 1.56 bits per heavy atom. The molecule has 1 aliphatic heterocycles. The lowest BCUT2D eigenvalue weighted by atomic mass is 9.68. The lowest BCUT2D eigenvalue weighted by molar-refractivity contribution is 0.147. The molecule has 7 rings (SSSR count). The van der Waals surface area contributed by atoms with Crippen LogP contribution in [-0.2, 0) is 16.6 Å². The van der Waals surface area contributed by atoms with E-state index in [1.165, 1.54) is 33.4 Å². The van der Waals surface area contributed by atoms with Gasteiger partial charge in [-0.05, 0) is 103 Å². The van der Waals surface area contributed by atoms with Gasteiger partial charge in [-0.1, -0.05) is 55.8 Å². The Morgan fingerprint density at radius 3 is 2.35 bits per heavy atom. The van der Waals surface area contributed by atoms with E-state index in [1.54, 1.807) is 6.07 Å². The Kier molecular flexibility index (Phi) is 6.31. The first-order valence-electron chi connectivity index (χ1n) is 14.9. The van der Waals surface area contributed by atoms with E-state index in [-0.39, 0.29) is 23.3 Å². The number of ether oxygens (including phenoxy) is 2. The van der Waals surface area contributed by atoms with Gasteiger partial charge in [-0.3, -0.25) is 0 Å². The number of hydrogen-bond acceptors (Lipinski definition) is 5. The summed E-state index contributed by atoms with van der Waals surface area (Å²) in [6, 6.07) is 26.8. The number of aliphatic imine (C=N–C) groups is 1.